The molecule has 0 aliphatic heterocycles. The predicted molar refractivity (Wildman–Crippen MR) is 90.8 cm³/mol. The quantitative estimate of drug-likeness (QED) is 0.736. The van der Waals surface area contributed by atoms with Gasteiger partial charge in [-0.05, 0) is 30.7 Å². The van der Waals surface area contributed by atoms with Gasteiger partial charge in [0, 0.05) is 31.9 Å². The van der Waals surface area contributed by atoms with E-state index in [1.807, 2.05) is 42.1 Å². The summed E-state index contributed by atoms with van der Waals surface area (Å²) in [6.45, 7) is 3.39. The fourth-order valence-corrected chi connectivity index (χ4v) is 2.04. The second-order valence-electron chi connectivity index (χ2n) is 5.39. The second-order valence-corrected chi connectivity index (χ2v) is 5.39. The molecule has 6 nitrogen and oxygen atoms in total. The Morgan fingerprint density at radius 1 is 1.30 bits per heavy atom. The average molecular weight is 316 g/mol. The number of carbonyl (C=O) groups is 1. The summed E-state index contributed by atoms with van der Waals surface area (Å²) in [6.07, 6.45) is 6.55. The van der Waals surface area contributed by atoms with Gasteiger partial charge in [0.2, 0.25) is 0 Å². The number of hydrogen-bond acceptors (Lipinski definition) is 3. The Hall–Kier alpha value is -2.50. The normalized spacial score (nSPS) is 10.3. The van der Waals surface area contributed by atoms with Crippen LogP contribution in [0.1, 0.15) is 25.5 Å². The van der Waals surface area contributed by atoms with Gasteiger partial charge in [0.25, 0.3) is 0 Å². The van der Waals surface area contributed by atoms with Crippen molar-refractivity contribution in [2.75, 3.05) is 18.5 Å². The molecule has 1 aromatic heterocycles. The molecule has 23 heavy (non-hydrogen) atoms. The minimum atomic E-state index is -0.222. The van der Waals surface area contributed by atoms with Crippen molar-refractivity contribution in [1.29, 1.82) is 0 Å². The van der Waals surface area contributed by atoms with Gasteiger partial charge in [-0.3, -0.25) is 0 Å². The average Bonchev–Trinajstić information content (AvgIpc) is 2.95. The van der Waals surface area contributed by atoms with E-state index in [4.69, 9.17) is 4.74 Å². The standard InChI is InChI=1S/C17H24N4O2/c1-3-4-11-23-16-7-5-14(6-8-16)20-17(22)18-10-9-15-12-21(2)13-19-15/h5-8,12-13H,3-4,9-11H2,1-2H3,(H2,18,20,22). The molecular formula is C17H24N4O2. The number of hydrogen-bond donors (Lipinski definition) is 2. The maximum atomic E-state index is 11.8. The third-order valence-electron chi connectivity index (χ3n) is 3.30. The van der Waals surface area contributed by atoms with Crippen molar-refractivity contribution in [3.63, 3.8) is 0 Å². The number of aryl methyl sites for hydroxylation is 1. The molecule has 0 bridgehead atoms. The van der Waals surface area contributed by atoms with Crippen LogP contribution < -0.4 is 15.4 Å². The van der Waals surface area contributed by atoms with Crippen LogP contribution in [0.4, 0.5) is 10.5 Å². The van der Waals surface area contributed by atoms with Gasteiger partial charge in [-0.1, -0.05) is 13.3 Å². The zero-order valence-electron chi connectivity index (χ0n) is 13.7. The zero-order valence-corrected chi connectivity index (χ0v) is 13.7. The lowest BCUT2D eigenvalue weighted by molar-refractivity contribution is 0.252. The number of urea groups is 1. The van der Waals surface area contributed by atoms with Crippen LogP contribution in [-0.4, -0.2) is 28.7 Å². The fourth-order valence-electron chi connectivity index (χ4n) is 2.04. The molecule has 0 fully saturated rings. The highest BCUT2D eigenvalue weighted by Crippen LogP contribution is 2.15. The van der Waals surface area contributed by atoms with Crippen molar-refractivity contribution in [2.45, 2.75) is 26.2 Å². The topological polar surface area (TPSA) is 68.2 Å². The molecule has 1 heterocycles. The molecule has 2 rings (SSSR count). The van der Waals surface area contributed by atoms with Crippen LogP contribution in [-0.2, 0) is 13.5 Å². The summed E-state index contributed by atoms with van der Waals surface area (Å²) in [6, 6.07) is 7.16. The lowest BCUT2D eigenvalue weighted by Gasteiger charge is -2.09. The van der Waals surface area contributed by atoms with E-state index >= 15 is 0 Å². The van der Waals surface area contributed by atoms with Gasteiger partial charge >= 0.3 is 6.03 Å². The Kier molecular flexibility index (Phi) is 6.47. The van der Waals surface area contributed by atoms with Crippen LogP contribution in [0.25, 0.3) is 0 Å². The van der Waals surface area contributed by atoms with Crippen molar-refractivity contribution < 1.29 is 9.53 Å². The van der Waals surface area contributed by atoms with Crippen LogP contribution >= 0.6 is 0 Å². The Balaban J connectivity index is 1.70. The van der Waals surface area contributed by atoms with E-state index in [1.165, 1.54) is 0 Å². The third-order valence-corrected chi connectivity index (χ3v) is 3.30. The fraction of sp³-hybridized carbons (Fsp3) is 0.412. The summed E-state index contributed by atoms with van der Waals surface area (Å²) in [5.74, 6) is 0.819. The van der Waals surface area contributed by atoms with E-state index in [2.05, 4.69) is 22.5 Å². The van der Waals surface area contributed by atoms with E-state index in [0.717, 1.165) is 36.6 Å². The Bertz CT molecular complexity index is 607. The number of imidazole rings is 1. The van der Waals surface area contributed by atoms with Crippen LogP contribution in [0, 0.1) is 0 Å². The molecule has 0 spiro atoms. The lowest BCUT2D eigenvalue weighted by atomic mass is 10.3. The minimum Gasteiger partial charge on any atom is -0.494 e. The molecule has 2 amide bonds. The molecule has 0 saturated heterocycles. The first kappa shape index (κ1) is 16.9. The molecule has 0 aliphatic rings. The van der Waals surface area contributed by atoms with Crippen molar-refractivity contribution in [3.8, 4) is 5.75 Å². The van der Waals surface area contributed by atoms with Gasteiger partial charge < -0.3 is 19.9 Å². The Morgan fingerprint density at radius 2 is 2.09 bits per heavy atom. The number of ether oxygens (including phenoxy) is 1. The third kappa shape index (κ3) is 6.02. The van der Waals surface area contributed by atoms with Gasteiger partial charge in [-0.15, -0.1) is 0 Å². The summed E-state index contributed by atoms with van der Waals surface area (Å²) < 4.78 is 7.47. The van der Waals surface area contributed by atoms with E-state index in [-0.39, 0.29) is 6.03 Å². The lowest BCUT2D eigenvalue weighted by Crippen LogP contribution is -2.30. The number of carbonyl (C=O) groups excluding carboxylic acids is 1. The van der Waals surface area contributed by atoms with Crippen molar-refractivity contribution >= 4 is 11.7 Å². The number of amides is 2. The molecular weight excluding hydrogens is 292 g/mol. The highest BCUT2D eigenvalue weighted by molar-refractivity contribution is 5.89. The highest BCUT2D eigenvalue weighted by Gasteiger charge is 2.03. The van der Waals surface area contributed by atoms with Crippen LogP contribution in [0.2, 0.25) is 0 Å². The number of nitrogens with one attached hydrogen (secondary N) is 2. The van der Waals surface area contributed by atoms with Gasteiger partial charge in [0.1, 0.15) is 5.75 Å². The summed E-state index contributed by atoms with van der Waals surface area (Å²) in [7, 11) is 1.92. The number of unbranched alkanes of at least 4 members (excludes halogenated alkanes) is 1. The minimum absolute atomic E-state index is 0.222. The first-order valence-electron chi connectivity index (χ1n) is 7.92. The van der Waals surface area contributed by atoms with Gasteiger partial charge in [-0.2, -0.15) is 0 Å². The molecule has 0 aliphatic carbocycles. The largest absolute Gasteiger partial charge is 0.494 e. The number of rotatable bonds is 8. The number of nitrogens with zero attached hydrogens (tertiary/aromatic N) is 2. The monoisotopic (exact) mass is 316 g/mol. The van der Waals surface area contributed by atoms with E-state index in [9.17, 15) is 4.79 Å². The molecule has 2 N–H and O–H groups in total. The van der Waals surface area contributed by atoms with Crippen molar-refractivity contribution in [2.24, 2.45) is 7.05 Å². The van der Waals surface area contributed by atoms with Crippen molar-refractivity contribution in [1.82, 2.24) is 14.9 Å². The number of aromatic nitrogens is 2. The van der Waals surface area contributed by atoms with Gasteiger partial charge in [-0.25, -0.2) is 9.78 Å². The summed E-state index contributed by atoms with van der Waals surface area (Å²) in [5, 5.41) is 5.61. The molecule has 0 saturated carbocycles. The van der Waals surface area contributed by atoms with Crippen LogP contribution in [0.5, 0.6) is 5.75 Å². The Labute approximate surface area is 136 Å². The molecule has 6 heteroatoms. The molecule has 2 aromatic rings. The SMILES string of the molecule is CCCCOc1ccc(NC(=O)NCCc2cn(C)cn2)cc1. The number of anilines is 1. The van der Waals surface area contributed by atoms with E-state index in [0.29, 0.717) is 13.0 Å². The highest BCUT2D eigenvalue weighted by atomic mass is 16.5. The van der Waals surface area contributed by atoms with Crippen LogP contribution in [0.15, 0.2) is 36.8 Å². The maximum Gasteiger partial charge on any atom is 0.319 e. The second kappa shape index (κ2) is 8.82. The molecule has 0 atom stereocenters. The molecule has 0 unspecified atom stereocenters. The van der Waals surface area contributed by atoms with Crippen LogP contribution in [0.3, 0.4) is 0 Å². The predicted octanol–water partition coefficient (Wildman–Crippen LogP) is 2.96. The van der Waals surface area contributed by atoms with Gasteiger partial charge in [0.05, 0.1) is 18.6 Å². The first-order valence-corrected chi connectivity index (χ1v) is 7.92. The summed E-state index contributed by atoms with van der Waals surface area (Å²) >= 11 is 0. The Morgan fingerprint density at radius 3 is 2.74 bits per heavy atom. The molecule has 1 aromatic carbocycles. The first-order chi connectivity index (χ1) is 11.2. The number of benzene rings is 1. The van der Waals surface area contributed by atoms with E-state index < -0.39 is 0 Å². The smallest absolute Gasteiger partial charge is 0.319 e. The molecule has 124 valence electrons. The zero-order chi connectivity index (χ0) is 16.5. The van der Waals surface area contributed by atoms with Crippen molar-refractivity contribution in [3.05, 3.63) is 42.5 Å². The summed E-state index contributed by atoms with van der Waals surface area (Å²) in [4.78, 5) is 16.0. The summed E-state index contributed by atoms with van der Waals surface area (Å²) in [5.41, 5.74) is 1.70. The van der Waals surface area contributed by atoms with E-state index in [1.54, 1.807) is 6.33 Å². The maximum absolute atomic E-state index is 11.8. The molecule has 0 radical (unpaired) electrons. The van der Waals surface area contributed by atoms with Gasteiger partial charge in [0.15, 0.2) is 0 Å².